The first-order chi connectivity index (χ1) is 7.95. The summed E-state index contributed by atoms with van der Waals surface area (Å²) < 4.78 is 0. The van der Waals surface area contributed by atoms with E-state index in [1.165, 1.54) is 19.3 Å². The topological polar surface area (TPSA) is 30.8 Å². The van der Waals surface area contributed by atoms with Gasteiger partial charge in [0.1, 0.15) is 6.61 Å². The Morgan fingerprint density at radius 3 is 2.50 bits per heavy atom. The lowest BCUT2D eigenvalue weighted by Gasteiger charge is -2.10. The highest BCUT2D eigenvalue weighted by Crippen LogP contribution is 2.15. The molecule has 0 radical (unpaired) electrons. The van der Waals surface area contributed by atoms with Crippen LogP contribution in [0.25, 0.3) is 0 Å². The van der Waals surface area contributed by atoms with Crippen molar-refractivity contribution in [2.24, 2.45) is 5.16 Å². The van der Waals surface area contributed by atoms with Crippen molar-refractivity contribution in [2.75, 3.05) is 0 Å². The first-order valence-electron chi connectivity index (χ1n) is 5.83. The summed E-state index contributed by atoms with van der Waals surface area (Å²) in [7, 11) is 0. The van der Waals surface area contributed by atoms with E-state index in [0.29, 0.717) is 6.61 Å². The molecular formula is C13H17NO2. The maximum absolute atomic E-state index is 5.03. The molecule has 0 unspecified atom stereocenters. The van der Waals surface area contributed by atoms with Crippen molar-refractivity contribution in [1.82, 2.24) is 0 Å². The largest absolute Gasteiger partial charge is 0.220 e. The van der Waals surface area contributed by atoms with Gasteiger partial charge in [0.15, 0.2) is 0 Å². The number of hydrogen-bond donors (Lipinski definition) is 0. The van der Waals surface area contributed by atoms with Crippen molar-refractivity contribution < 1.29 is 9.88 Å². The Kier molecular flexibility index (Phi) is 4.37. The van der Waals surface area contributed by atoms with Crippen molar-refractivity contribution in [2.45, 2.75) is 38.7 Å². The second-order valence-corrected chi connectivity index (χ2v) is 4.04. The maximum Gasteiger partial charge on any atom is 0.122 e. The van der Waals surface area contributed by atoms with Crippen LogP contribution in [0.15, 0.2) is 35.5 Å². The Hall–Kier alpha value is -1.35. The molecule has 0 bridgehead atoms. The Labute approximate surface area is 96.0 Å². The van der Waals surface area contributed by atoms with E-state index >= 15 is 0 Å². The molecule has 1 aliphatic rings. The highest BCUT2D eigenvalue weighted by Gasteiger charge is 2.07. The Morgan fingerprint density at radius 2 is 1.75 bits per heavy atom. The molecule has 1 fully saturated rings. The van der Waals surface area contributed by atoms with Crippen LogP contribution in [-0.4, -0.2) is 5.71 Å². The van der Waals surface area contributed by atoms with E-state index in [1.807, 2.05) is 30.3 Å². The maximum atomic E-state index is 5.03. The summed E-state index contributed by atoms with van der Waals surface area (Å²) in [6.45, 7) is 0.442. The Balaban J connectivity index is 1.68. The van der Waals surface area contributed by atoms with E-state index in [4.69, 9.17) is 9.88 Å². The molecule has 2 rings (SSSR count). The van der Waals surface area contributed by atoms with Crippen LogP contribution in [0.5, 0.6) is 0 Å². The van der Waals surface area contributed by atoms with Crippen LogP contribution >= 0.6 is 0 Å². The van der Waals surface area contributed by atoms with Gasteiger partial charge in [0, 0.05) is 0 Å². The molecule has 0 aromatic heterocycles. The predicted octanol–water partition coefficient (Wildman–Crippen LogP) is 3.45. The molecule has 0 atom stereocenters. The average molecular weight is 219 g/mol. The van der Waals surface area contributed by atoms with E-state index in [9.17, 15) is 0 Å². The minimum absolute atomic E-state index is 0.442. The molecule has 0 amide bonds. The number of oxime groups is 1. The quantitative estimate of drug-likeness (QED) is 0.441. The van der Waals surface area contributed by atoms with E-state index in [0.717, 1.165) is 24.1 Å². The van der Waals surface area contributed by atoms with Crippen molar-refractivity contribution >= 4 is 5.71 Å². The molecule has 0 heterocycles. The van der Waals surface area contributed by atoms with Crippen LogP contribution in [0.2, 0.25) is 0 Å². The SMILES string of the molecule is c1ccc(COON=C2CCCCC2)cc1. The first-order valence-corrected chi connectivity index (χ1v) is 5.83. The minimum Gasteiger partial charge on any atom is -0.220 e. The zero-order valence-electron chi connectivity index (χ0n) is 9.39. The summed E-state index contributed by atoms with van der Waals surface area (Å²) >= 11 is 0. The van der Waals surface area contributed by atoms with Gasteiger partial charge in [0.05, 0.1) is 5.71 Å². The molecule has 1 saturated carbocycles. The van der Waals surface area contributed by atoms with Gasteiger partial charge in [-0.05, 0) is 31.2 Å². The van der Waals surface area contributed by atoms with Gasteiger partial charge in [-0.3, -0.25) is 0 Å². The number of benzene rings is 1. The van der Waals surface area contributed by atoms with Crippen LogP contribution < -0.4 is 0 Å². The molecule has 0 N–H and O–H groups in total. The van der Waals surface area contributed by atoms with Crippen LogP contribution in [0.1, 0.15) is 37.7 Å². The molecule has 1 aliphatic carbocycles. The fourth-order valence-corrected chi connectivity index (χ4v) is 1.80. The number of nitrogens with zero attached hydrogens (tertiary/aromatic N) is 1. The summed E-state index contributed by atoms with van der Waals surface area (Å²) in [6, 6.07) is 9.93. The monoisotopic (exact) mass is 219 g/mol. The summed E-state index contributed by atoms with van der Waals surface area (Å²) in [5.74, 6) is 0. The number of rotatable bonds is 4. The third kappa shape index (κ3) is 3.66. The van der Waals surface area contributed by atoms with E-state index in [2.05, 4.69) is 5.16 Å². The normalized spacial score (nSPS) is 15.9. The summed E-state index contributed by atoms with van der Waals surface area (Å²) in [4.78, 5) is 9.90. The molecule has 1 aromatic carbocycles. The van der Waals surface area contributed by atoms with Gasteiger partial charge in [-0.15, -0.1) is 0 Å². The van der Waals surface area contributed by atoms with E-state index in [-0.39, 0.29) is 0 Å². The van der Waals surface area contributed by atoms with Gasteiger partial charge in [-0.25, -0.2) is 4.99 Å². The van der Waals surface area contributed by atoms with Crippen molar-refractivity contribution in [3.8, 4) is 0 Å². The van der Waals surface area contributed by atoms with Crippen molar-refractivity contribution in [3.05, 3.63) is 35.9 Å². The summed E-state index contributed by atoms with van der Waals surface area (Å²) in [6.07, 6.45) is 5.86. The second-order valence-electron chi connectivity index (χ2n) is 4.04. The minimum atomic E-state index is 0.442. The molecule has 86 valence electrons. The number of hydrogen-bond acceptors (Lipinski definition) is 3. The lowest BCUT2D eigenvalue weighted by molar-refractivity contribution is -0.305. The zero-order valence-corrected chi connectivity index (χ0v) is 9.39. The van der Waals surface area contributed by atoms with E-state index in [1.54, 1.807) is 0 Å². The fourth-order valence-electron chi connectivity index (χ4n) is 1.80. The summed E-state index contributed by atoms with van der Waals surface area (Å²) in [5.41, 5.74) is 2.21. The van der Waals surface area contributed by atoms with Gasteiger partial charge in [0.2, 0.25) is 0 Å². The molecule has 1 aromatic rings. The highest BCUT2D eigenvalue weighted by molar-refractivity contribution is 5.84. The van der Waals surface area contributed by atoms with Crippen LogP contribution in [0, 0.1) is 0 Å². The molecule has 0 aliphatic heterocycles. The molecule has 0 saturated heterocycles. The van der Waals surface area contributed by atoms with Crippen molar-refractivity contribution in [1.29, 1.82) is 0 Å². The predicted molar refractivity (Wildman–Crippen MR) is 62.8 cm³/mol. The van der Waals surface area contributed by atoms with Crippen LogP contribution in [0.3, 0.4) is 0 Å². The first kappa shape index (κ1) is 11.1. The lowest BCUT2D eigenvalue weighted by Crippen LogP contribution is -2.05. The second kappa shape index (κ2) is 6.28. The summed E-state index contributed by atoms with van der Waals surface area (Å²) in [5, 5.41) is 3.99. The molecule has 3 nitrogen and oxygen atoms in total. The smallest absolute Gasteiger partial charge is 0.122 e. The molecule has 3 heteroatoms. The third-order valence-electron chi connectivity index (χ3n) is 2.72. The van der Waals surface area contributed by atoms with Gasteiger partial charge in [-0.1, -0.05) is 41.9 Å². The Morgan fingerprint density at radius 1 is 1.00 bits per heavy atom. The molecule has 16 heavy (non-hydrogen) atoms. The van der Waals surface area contributed by atoms with Crippen molar-refractivity contribution in [3.63, 3.8) is 0 Å². The average Bonchev–Trinajstić information content (AvgIpc) is 2.37. The lowest BCUT2D eigenvalue weighted by atomic mass is 9.99. The third-order valence-corrected chi connectivity index (χ3v) is 2.72. The highest BCUT2D eigenvalue weighted by atomic mass is 17.3. The van der Waals surface area contributed by atoms with Crippen LogP contribution in [-0.2, 0) is 16.5 Å². The van der Waals surface area contributed by atoms with E-state index < -0.39 is 0 Å². The molecular weight excluding hydrogens is 202 g/mol. The van der Waals surface area contributed by atoms with Crippen LogP contribution in [0.4, 0.5) is 0 Å². The van der Waals surface area contributed by atoms with Gasteiger partial charge in [0.25, 0.3) is 0 Å². The fraction of sp³-hybridized carbons (Fsp3) is 0.462. The zero-order chi connectivity index (χ0) is 11.1. The van der Waals surface area contributed by atoms with Gasteiger partial charge < -0.3 is 0 Å². The molecule has 0 spiro atoms. The Bertz CT molecular complexity index is 327. The standard InChI is InChI=1S/C13H17NO2/c1-3-7-12(8-4-1)11-15-16-14-13-9-5-2-6-10-13/h1,3-4,7-8H,2,5-6,9-11H2. The van der Waals surface area contributed by atoms with Gasteiger partial charge in [-0.2, -0.15) is 4.89 Å². The van der Waals surface area contributed by atoms with Gasteiger partial charge >= 0.3 is 0 Å².